The van der Waals surface area contributed by atoms with Gasteiger partial charge in [-0.05, 0) is 18.6 Å². The number of esters is 1. The van der Waals surface area contributed by atoms with Crippen LogP contribution in [0.15, 0.2) is 33.3 Å². The summed E-state index contributed by atoms with van der Waals surface area (Å²) in [6.45, 7) is 3.65. The number of nitrogens with zero attached hydrogens (tertiary/aromatic N) is 2. The van der Waals surface area contributed by atoms with Crippen molar-refractivity contribution >= 4 is 16.9 Å². The third-order valence-electron chi connectivity index (χ3n) is 3.07. The lowest BCUT2D eigenvalue weighted by Crippen LogP contribution is -2.07. The molecule has 0 bridgehead atoms. The molecule has 0 spiro atoms. The van der Waals surface area contributed by atoms with Crippen LogP contribution in [0.2, 0.25) is 0 Å². The van der Waals surface area contributed by atoms with Gasteiger partial charge in [-0.2, -0.15) is 0 Å². The van der Waals surface area contributed by atoms with Gasteiger partial charge in [0.15, 0.2) is 6.61 Å². The number of carbonyl (C=O) groups is 1. The van der Waals surface area contributed by atoms with Gasteiger partial charge in [0, 0.05) is 17.9 Å². The molecule has 0 N–H and O–H groups in total. The number of rotatable bonds is 4. The molecule has 0 fully saturated rings. The zero-order valence-electron chi connectivity index (χ0n) is 11.8. The molecule has 0 aliphatic carbocycles. The summed E-state index contributed by atoms with van der Waals surface area (Å²) in [5.41, 5.74) is 2.68. The molecule has 6 nitrogen and oxygen atoms in total. The minimum Gasteiger partial charge on any atom is -0.464 e. The second-order valence-corrected chi connectivity index (χ2v) is 4.81. The van der Waals surface area contributed by atoms with Gasteiger partial charge in [0.2, 0.25) is 5.89 Å². The van der Waals surface area contributed by atoms with Gasteiger partial charge in [0.25, 0.3) is 5.89 Å². The van der Waals surface area contributed by atoms with Crippen LogP contribution < -0.4 is 0 Å². The zero-order valence-corrected chi connectivity index (χ0v) is 11.8. The first-order chi connectivity index (χ1) is 10.1. The van der Waals surface area contributed by atoms with E-state index in [4.69, 9.17) is 13.6 Å². The highest BCUT2D eigenvalue weighted by Gasteiger charge is 2.13. The van der Waals surface area contributed by atoms with Crippen molar-refractivity contribution in [1.29, 1.82) is 0 Å². The summed E-state index contributed by atoms with van der Waals surface area (Å²) in [6.07, 6.45) is 1.73. The maximum atomic E-state index is 11.8. The van der Waals surface area contributed by atoms with E-state index in [1.54, 1.807) is 13.2 Å². The highest BCUT2D eigenvalue weighted by atomic mass is 16.5. The molecule has 21 heavy (non-hydrogen) atoms. The number of fused-ring (bicyclic) bond motifs is 1. The molecule has 108 valence electrons. The Balaban J connectivity index is 1.66. The van der Waals surface area contributed by atoms with Crippen molar-refractivity contribution in [3.05, 3.63) is 47.4 Å². The van der Waals surface area contributed by atoms with Crippen molar-refractivity contribution in [2.24, 2.45) is 0 Å². The summed E-state index contributed by atoms with van der Waals surface area (Å²) in [6, 6.07) is 5.86. The van der Waals surface area contributed by atoms with Gasteiger partial charge in [-0.25, -0.2) is 0 Å². The number of ether oxygens (including phenoxy) is 1. The van der Waals surface area contributed by atoms with Crippen molar-refractivity contribution in [2.75, 3.05) is 0 Å². The van der Waals surface area contributed by atoms with Crippen LogP contribution in [0.1, 0.15) is 22.9 Å². The van der Waals surface area contributed by atoms with E-state index in [2.05, 4.69) is 10.2 Å². The monoisotopic (exact) mass is 286 g/mol. The van der Waals surface area contributed by atoms with Crippen LogP contribution >= 0.6 is 0 Å². The van der Waals surface area contributed by atoms with Crippen LogP contribution in [0.4, 0.5) is 0 Å². The average molecular weight is 286 g/mol. The Labute approximate surface area is 120 Å². The van der Waals surface area contributed by atoms with Crippen molar-refractivity contribution in [1.82, 2.24) is 10.2 Å². The molecule has 0 radical (unpaired) electrons. The predicted molar refractivity (Wildman–Crippen MR) is 73.5 cm³/mol. The van der Waals surface area contributed by atoms with Crippen molar-refractivity contribution in [3.8, 4) is 0 Å². The molecule has 3 aromatic rings. The third kappa shape index (κ3) is 2.94. The van der Waals surface area contributed by atoms with E-state index < -0.39 is 0 Å². The lowest BCUT2D eigenvalue weighted by molar-refractivity contribution is -0.144. The molecule has 1 aromatic carbocycles. The van der Waals surface area contributed by atoms with E-state index in [-0.39, 0.29) is 24.9 Å². The predicted octanol–water partition coefficient (Wildman–Crippen LogP) is 2.72. The van der Waals surface area contributed by atoms with Gasteiger partial charge >= 0.3 is 5.97 Å². The molecule has 2 heterocycles. The number of furan rings is 1. The molecule has 3 rings (SSSR count). The number of hydrogen-bond acceptors (Lipinski definition) is 6. The summed E-state index contributed by atoms with van der Waals surface area (Å²) in [7, 11) is 0. The molecule has 0 saturated carbocycles. The fraction of sp³-hybridized carbons (Fsp3) is 0.267. The highest BCUT2D eigenvalue weighted by Crippen LogP contribution is 2.23. The van der Waals surface area contributed by atoms with Crippen LogP contribution in [-0.4, -0.2) is 16.2 Å². The van der Waals surface area contributed by atoms with Crippen LogP contribution in [0.25, 0.3) is 11.0 Å². The Morgan fingerprint density at radius 3 is 2.90 bits per heavy atom. The van der Waals surface area contributed by atoms with Gasteiger partial charge < -0.3 is 13.6 Å². The Bertz CT molecular complexity index is 788. The lowest BCUT2D eigenvalue weighted by Gasteiger charge is -2.01. The molecule has 0 aliphatic rings. The Hall–Kier alpha value is -2.63. The first-order valence-corrected chi connectivity index (χ1v) is 6.53. The smallest absolute Gasteiger partial charge is 0.310 e. The summed E-state index contributed by atoms with van der Waals surface area (Å²) in [4.78, 5) is 11.8. The molecular weight excluding hydrogens is 272 g/mol. The van der Waals surface area contributed by atoms with Crippen molar-refractivity contribution in [3.63, 3.8) is 0 Å². The molecule has 0 amide bonds. The lowest BCUT2D eigenvalue weighted by atomic mass is 10.1. The normalized spacial score (nSPS) is 11.0. The van der Waals surface area contributed by atoms with E-state index in [9.17, 15) is 4.79 Å². The summed E-state index contributed by atoms with van der Waals surface area (Å²) in [5.74, 6) is 0.361. The highest BCUT2D eigenvalue weighted by molar-refractivity contribution is 5.86. The molecule has 6 heteroatoms. The third-order valence-corrected chi connectivity index (χ3v) is 3.07. The fourth-order valence-corrected chi connectivity index (χ4v) is 2.07. The van der Waals surface area contributed by atoms with Gasteiger partial charge in [-0.3, -0.25) is 4.79 Å². The Morgan fingerprint density at radius 2 is 2.14 bits per heavy atom. The number of benzene rings is 1. The van der Waals surface area contributed by atoms with E-state index in [0.29, 0.717) is 5.89 Å². The van der Waals surface area contributed by atoms with Crippen LogP contribution in [0.3, 0.4) is 0 Å². The number of hydrogen-bond donors (Lipinski definition) is 0. The summed E-state index contributed by atoms with van der Waals surface area (Å²) >= 11 is 0. The maximum absolute atomic E-state index is 11.8. The second kappa shape index (κ2) is 5.40. The summed E-state index contributed by atoms with van der Waals surface area (Å²) in [5, 5.41) is 8.35. The molecule has 0 atom stereocenters. The van der Waals surface area contributed by atoms with E-state index in [1.165, 1.54) is 0 Å². The summed E-state index contributed by atoms with van der Waals surface area (Å²) < 4.78 is 15.7. The number of aromatic nitrogens is 2. The molecule has 0 unspecified atom stereocenters. The molecule has 2 aromatic heterocycles. The van der Waals surface area contributed by atoms with Crippen molar-refractivity contribution < 1.29 is 18.4 Å². The van der Waals surface area contributed by atoms with Gasteiger partial charge in [0.1, 0.15) is 5.58 Å². The van der Waals surface area contributed by atoms with Crippen LogP contribution in [-0.2, 0) is 22.6 Å². The zero-order chi connectivity index (χ0) is 14.8. The molecule has 0 saturated heterocycles. The second-order valence-electron chi connectivity index (χ2n) is 4.81. The van der Waals surface area contributed by atoms with Gasteiger partial charge in [-0.15, -0.1) is 10.2 Å². The first-order valence-electron chi connectivity index (χ1n) is 6.53. The van der Waals surface area contributed by atoms with Crippen molar-refractivity contribution in [2.45, 2.75) is 26.9 Å². The maximum Gasteiger partial charge on any atom is 0.310 e. The number of aryl methyl sites for hydroxylation is 2. The minimum absolute atomic E-state index is 0.0193. The Kier molecular flexibility index (Phi) is 3.43. The van der Waals surface area contributed by atoms with E-state index >= 15 is 0 Å². The van der Waals surface area contributed by atoms with Crippen LogP contribution in [0.5, 0.6) is 0 Å². The molecular formula is C15H14N2O4. The minimum atomic E-state index is -0.367. The molecule has 0 aliphatic heterocycles. The number of carbonyl (C=O) groups excluding carboxylic acids is 1. The topological polar surface area (TPSA) is 78.4 Å². The van der Waals surface area contributed by atoms with Crippen LogP contribution in [0, 0.1) is 13.8 Å². The van der Waals surface area contributed by atoms with Gasteiger partial charge in [0.05, 0.1) is 12.7 Å². The van der Waals surface area contributed by atoms with E-state index in [0.717, 1.165) is 22.1 Å². The quantitative estimate of drug-likeness (QED) is 0.686. The largest absolute Gasteiger partial charge is 0.464 e. The SMILES string of the molecule is Cc1ccc2c(CC(=O)OCc3nnc(C)o3)coc2c1. The fourth-order valence-electron chi connectivity index (χ4n) is 2.07. The van der Waals surface area contributed by atoms with Gasteiger partial charge in [-0.1, -0.05) is 12.1 Å². The Morgan fingerprint density at radius 1 is 1.29 bits per heavy atom. The average Bonchev–Trinajstić information content (AvgIpc) is 3.03. The van der Waals surface area contributed by atoms with E-state index in [1.807, 2.05) is 25.1 Å². The first kappa shape index (κ1) is 13.4. The standard InChI is InChI=1S/C15H14N2O4/c1-9-3-4-12-11(7-19-13(12)5-9)6-15(18)20-8-14-17-16-10(2)21-14/h3-5,7H,6,8H2,1-2H3.